The lowest BCUT2D eigenvalue weighted by molar-refractivity contribution is -0.122. The molecule has 1 aromatic heterocycles. The molecule has 1 saturated carbocycles. The molecule has 5 heteroatoms. The zero-order chi connectivity index (χ0) is 16.4. The molecule has 2 aromatic carbocycles. The Morgan fingerprint density at radius 1 is 1.08 bits per heavy atom. The van der Waals surface area contributed by atoms with E-state index >= 15 is 0 Å². The molecule has 1 aliphatic rings. The van der Waals surface area contributed by atoms with Crippen LogP contribution >= 0.6 is 0 Å². The minimum atomic E-state index is -0.0271. The SMILES string of the molecule is O=C(NN=Cc1ccc2nccnc2c1)[C@H]1C[C@@H]1c1ccccc1. The van der Waals surface area contributed by atoms with Crippen molar-refractivity contribution in [1.29, 1.82) is 0 Å². The van der Waals surface area contributed by atoms with E-state index in [-0.39, 0.29) is 11.8 Å². The number of hydrazone groups is 1. The summed E-state index contributed by atoms with van der Waals surface area (Å²) in [6.45, 7) is 0. The Hall–Kier alpha value is -3.08. The van der Waals surface area contributed by atoms with Crippen LogP contribution in [-0.2, 0) is 4.79 Å². The van der Waals surface area contributed by atoms with Gasteiger partial charge in [-0.2, -0.15) is 5.10 Å². The molecule has 0 radical (unpaired) electrons. The Bertz CT molecular complexity index is 907. The number of hydrogen-bond donors (Lipinski definition) is 1. The minimum absolute atomic E-state index is 0.0204. The summed E-state index contributed by atoms with van der Waals surface area (Å²) in [6, 6.07) is 15.8. The highest BCUT2D eigenvalue weighted by molar-refractivity contribution is 5.88. The number of carbonyl (C=O) groups is 1. The molecule has 0 aliphatic heterocycles. The molecule has 1 heterocycles. The molecule has 1 aliphatic carbocycles. The maximum Gasteiger partial charge on any atom is 0.243 e. The van der Waals surface area contributed by atoms with Crippen LogP contribution in [0.4, 0.5) is 0 Å². The number of nitrogens with one attached hydrogen (secondary N) is 1. The number of rotatable bonds is 4. The summed E-state index contributed by atoms with van der Waals surface area (Å²) in [5.74, 6) is 0.310. The molecule has 1 N–H and O–H groups in total. The Morgan fingerprint density at radius 3 is 2.71 bits per heavy atom. The van der Waals surface area contributed by atoms with E-state index in [1.54, 1.807) is 18.6 Å². The lowest BCUT2D eigenvalue weighted by atomic mass is 10.1. The molecular formula is C19H16N4O. The molecule has 118 valence electrons. The normalized spacial score (nSPS) is 19.5. The van der Waals surface area contributed by atoms with Gasteiger partial charge in [-0.1, -0.05) is 36.4 Å². The molecule has 24 heavy (non-hydrogen) atoms. The molecule has 4 rings (SSSR count). The second-order valence-electron chi connectivity index (χ2n) is 5.90. The van der Waals surface area contributed by atoms with Crippen molar-refractivity contribution in [2.75, 3.05) is 0 Å². The lowest BCUT2D eigenvalue weighted by Crippen LogP contribution is -2.20. The fourth-order valence-electron chi connectivity index (χ4n) is 2.87. The van der Waals surface area contributed by atoms with Gasteiger partial charge in [-0.15, -0.1) is 0 Å². The summed E-state index contributed by atoms with van der Waals surface area (Å²) >= 11 is 0. The first-order chi connectivity index (χ1) is 11.8. The van der Waals surface area contributed by atoms with Crippen molar-refractivity contribution in [3.63, 3.8) is 0 Å². The van der Waals surface area contributed by atoms with Crippen LogP contribution < -0.4 is 5.43 Å². The zero-order valence-electron chi connectivity index (χ0n) is 13.0. The molecule has 0 unspecified atom stereocenters. The highest BCUT2D eigenvalue weighted by Gasteiger charge is 2.43. The quantitative estimate of drug-likeness (QED) is 0.594. The van der Waals surface area contributed by atoms with Gasteiger partial charge in [0.1, 0.15) is 0 Å². The van der Waals surface area contributed by atoms with Crippen molar-refractivity contribution < 1.29 is 4.79 Å². The molecule has 3 aromatic rings. The van der Waals surface area contributed by atoms with E-state index in [4.69, 9.17) is 0 Å². The Morgan fingerprint density at radius 2 is 1.88 bits per heavy atom. The lowest BCUT2D eigenvalue weighted by Gasteiger charge is -2.00. The van der Waals surface area contributed by atoms with Gasteiger partial charge in [0, 0.05) is 18.3 Å². The predicted octanol–water partition coefficient (Wildman–Crippen LogP) is 2.88. The van der Waals surface area contributed by atoms with Gasteiger partial charge in [-0.25, -0.2) is 5.43 Å². The van der Waals surface area contributed by atoms with Crippen molar-refractivity contribution >= 4 is 23.2 Å². The molecule has 5 nitrogen and oxygen atoms in total. The Balaban J connectivity index is 1.37. The van der Waals surface area contributed by atoms with Crippen LogP contribution in [0.5, 0.6) is 0 Å². The number of amides is 1. The average Bonchev–Trinajstić information content (AvgIpc) is 3.43. The summed E-state index contributed by atoms with van der Waals surface area (Å²) in [5, 5.41) is 4.06. The van der Waals surface area contributed by atoms with Gasteiger partial charge >= 0.3 is 0 Å². The first kappa shape index (κ1) is 14.5. The summed E-state index contributed by atoms with van der Waals surface area (Å²) in [7, 11) is 0. The standard InChI is InChI=1S/C19H16N4O/c24-19(16-11-15(16)14-4-2-1-3-5-14)23-22-12-13-6-7-17-18(10-13)21-9-8-20-17/h1-10,12,15-16H,11H2,(H,23,24)/t15-,16+/m1/s1. The predicted molar refractivity (Wildman–Crippen MR) is 92.6 cm³/mol. The average molecular weight is 316 g/mol. The van der Waals surface area contributed by atoms with E-state index in [9.17, 15) is 4.79 Å². The van der Waals surface area contributed by atoms with Crippen LogP contribution in [0.2, 0.25) is 0 Å². The number of carbonyl (C=O) groups excluding carboxylic acids is 1. The van der Waals surface area contributed by atoms with Crippen molar-refractivity contribution in [2.45, 2.75) is 12.3 Å². The van der Waals surface area contributed by atoms with Crippen LogP contribution in [0, 0.1) is 5.92 Å². The van der Waals surface area contributed by atoms with Crippen LogP contribution in [0.15, 0.2) is 66.0 Å². The summed E-state index contributed by atoms with van der Waals surface area (Å²) < 4.78 is 0. The first-order valence-corrected chi connectivity index (χ1v) is 7.90. The van der Waals surface area contributed by atoms with Crippen molar-refractivity contribution in [1.82, 2.24) is 15.4 Å². The molecular weight excluding hydrogens is 300 g/mol. The fourth-order valence-corrected chi connectivity index (χ4v) is 2.87. The Kier molecular flexibility index (Phi) is 3.75. The van der Waals surface area contributed by atoms with E-state index < -0.39 is 0 Å². The summed E-state index contributed by atoms with van der Waals surface area (Å²) in [5.41, 5.74) is 6.37. The van der Waals surface area contributed by atoms with Gasteiger partial charge in [0.25, 0.3) is 0 Å². The van der Waals surface area contributed by atoms with Gasteiger partial charge in [0.05, 0.1) is 17.2 Å². The molecule has 2 atom stereocenters. The van der Waals surface area contributed by atoms with Gasteiger partial charge in [0.15, 0.2) is 0 Å². The topological polar surface area (TPSA) is 67.2 Å². The van der Waals surface area contributed by atoms with E-state index in [0.717, 1.165) is 23.0 Å². The van der Waals surface area contributed by atoms with Gasteiger partial charge in [0.2, 0.25) is 5.91 Å². The van der Waals surface area contributed by atoms with Gasteiger partial charge < -0.3 is 0 Å². The second-order valence-corrected chi connectivity index (χ2v) is 5.90. The van der Waals surface area contributed by atoms with E-state index in [1.807, 2.05) is 36.4 Å². The van der Waals surface area contributed by atoms with Crippen molar-refractivity contribution in [3.05, 3.63) is 72.1 Å². The molecule has 0 saturated heterocycles. The van der Waals surface area contributed by atoms with Crippen LogP contribution in [0.1, 0.15) is 23.5 Å². The van der Waals surface area contributed by atoms with E-state index in [2.05, 4.69) is 32.6 Å². The zero-order valence-corrected chi connectivity index (χ0v) is 13.0. The third kappa shape index (κ3) is 3.01. The van der Waals surface area contributed by atoms with Crippen LogP contribution in [-0.4, -0.2) is 22.1 Å². The number of fused-ring (bicyclic) bond motifs is 1. The molecule has 1 fully saturated rings. The first-order valence-electron chi connectivity index (χ1n) is 7.90. The van der Waals surface area contributed by atoms with Crippen molar-refractivity contribution in [3.8, 4) is 0 Å². The third-order valence-corrected chi connectivity index (χ3v) is 4.24. The largest absolute Gasteiger partial charge is 0.273 e. The maximum atomic E-state index is 12.1. The molecule has 1 amide bonds. The minimum Gasteiger partial charge on any atom is -0.273 e. The fraction of sp³-hybridized carbons (Fsp3) is 0.158. The number of hydrogen-bond acceptors (Lipinski definition) is 4. The summed E-state index contributed by atoms with van der Waals surface area (Å²) in [4.78, 5) is 20.6. The third-order valence-electron chi connectivity index (χ3n) is 4.24. The van der Waals surface area contributed by atoms with Crippen LogP contribution in [0.25, 0.3) is 11.0 Å². The number of benzene rings is 2. The second kappa shape index (κ2) is 6.20. The summed E-state index contributed by atoms with van der Waals surface area (Å²) in [6.07, 6.45) is 5.83. The van der Waals surface area contributed by atoms with E-state index in [0.29, 0.717) is 5.92 Å². The highest BCUT2D eigenvalue weighted by Crippen LogP contribution is 2.47. The number of aromatic nitrogens is 2. The maximum absolute atomic E-state index is 12.1. The smallest absolute Gasteiger partial charge is 0.243 e. The van der Waals surface area contributed by atoms with Crippen LogP contribution in [0.3, 0.4) is 0 Å². The Labute approximate surface area is 139 Å². The number of nitrogens with zero attached hydrogens (tertiary/aromatic N) is 3. The molecule has 0 bridgehead atoms. The van der Waals surface area contributed by atoms with Crippen molar-refractivity contribution in [2.24, 2.45) is 11.0 Å². The monoisotopic (exact) mass is 316 g/mol. The molecule has 0 spiro atoms. The van der Waals surface area contributed by atoms with E-state index in [1.165, 1.54) is 5.56 Å². The van der Waals surface area contributed by atoms with Gasteiger partial charge in [-0.3, -0.25) is 14.8 Å². The highest BCUT2D eigenvalue weighted by atomic mass is 16.2. The van der Waals surface area contributed by atoms with Gasteiger partial charge in [-0.05, 0) is 35.6 Å².